The van der Waals surface area contributed by atoms with Crippen molar-refractivity contribution in [3.05, 3.63) is 58.9 Å². The predicted octanol–water partition coefficient (Wildman–Crippen LogP) is 5.21. The maximum Gasteiger partial charge on any atom is 0.270 e. The molecule has 1 nitrogen and oxygen atoms in total. The fourth-order valence-corrected chi connectivity index (χ4v) is 1.57. The van der Waals surface area contributed by atoms with Crippen molar-refractivity contribution in [3.63, 3.8) is 0 Å². The number of rotatable bonds is 3. The van der Waals surface area contributed by atoms with Crippen LogP contribution in [0.2, 0.25) is 5.02 Å². The van der Waals surface area contributed by atoms with Gasteiger partial charge in [-0.05, 0) is 36.4 Å². The minimum Gasteiger partial charge on any atom is -0.457 e. The van der Waals surface area contributed by atoms with Crippen molar-refractivity contribution >= 4 is 11.6 Å². The predicted molar refractivity (Wildman–Crippen MR) is 62.9 cm³/mol. The summed E-state index contributed by atoms with van der Waals surface area (Å²) in [6.45, 7) is 0. The summed E-state index contributed by atoms with van der Waals surface area (Å²) in [5, 5.41) is 0.496. The van der Waals surface area contributed by atoms with Crippen LogP contribution in [0.1, 0.15) is 12.0 Å². The second-order valence-corrected chi connectivity index (χ2v) is 3.94. The summed E-state index contributed by atoms with van der Waals surface area (Å²) in [5.41, 5.74) is -0.743. The van der Waals surface area contributed by atoms with Crippen molar-refractivity contribution in [1.29, 1.82) is 0 Å². The number of hydrogen-bond donors (Lipinski definition) is 0. The van der Waals surface area contributed by atoms with Crippen LogP contribution in [0.4, 0.5) is 13.2 Å². The first-order valence-electron chi connectivity index (χ1n) is 5.08. The lowest BCUT2D eigenvalue weighted by atomic mass is 10.2. The normalized spacial score (nSPS) is 10.7. The van der Waals surface area contributed by atoms with E-state index in [4.69, 9.17) is 16.3 Å². The molecular formula is C13H8ClF3O. The van der Waals surface area contributed by atoms with Gasteiger partial charge in [-0.2, -0.15) is 0 Å². The molecule has 0 saturated heterocycles. The van der Waals surface area contributed by atoms with Crippen LogP contribution in [0.3, 0.4) is 0 Å². The van der Waals surface area contributed by atoms with Crippen molar-refractivity contribution < 1.29 is 17.9 Å². The highest BCUT2D eigenvalue weighted by Gasteiger charge is 2.19. The van der Waals surface area contributed by atoms with Crippen LogP contribution in [0.15, 0.2) is 42.5 Å². The fraction of sp³-hybridized carbons (Fsp3) is 0.0769. The van der Waals surface area contributed by atoms with Crippen LogP contribution in [0.25, 0.3) is 0 Å². The third kappa shape index (κ3) is 2.76. The Bertz CT molecular complexity index is 540. The van der Waals surface area contributed by atoms with Crippen molar-refractivity contribution in [2.45, 2.75) is 6.43 Å². The number of benzene rings is 2. The Morgan fingerprint density at radius 3 is 2.28 bits per heavy atom. The Hall–Kier alpha value is -1.68. The highest BCUT2D eigenvalue weighted by Crippen LogP contribution is 2.34. The van der Waals surface area contributed by atoms with E-state index in [1.807, 2.05) is 0 Å². The molecule has 0 N–H and O–H groups in total. The summed E-state index contributed by atoms with van der Waals surface area (Å²) in [6, 6.07) is 9.71. The van der Waals surface area contributed by atoms with Gasteiger partial charge in [0.25, 0.3) is 6.43 Å². The van der Waals surface area contributed by atoms with Gasteiger partial charge in [0.1, 0.15) is 17.3 Å². The first-order chi connectivity index (χ1) is 8.58. The topological polar surface area (TPSA) is 9.23 Å². The number of hydrogen-bond acceptors (Lipinski definition) is 1. The molecule has 0 radical (unpaired) electrons. The Labute approximate surface area is 107 Å². The Balaban J connectivity index is 2.34. The highest BCUT2D eigenvalue weighted by atomic mass is 35.5. The van der Waals surface area contributed by atoms with E-state index in [1.54, 1.807) is 12.1 Å². The first kappa shape index (κ1) is 12.8. The van der Waals surface area contributed by atoms with E-state index < -0.39 is 17.8 Å². The molecule has 0 amide bonds. The van der Waals surface area contributed by atoms with E-state index in [0.717, 1.165) is 6.07 Å². The van der Waals surface area contributed by atoms with E-state index in [2.05, 4.69) is 0 Å². The van der Waals surface area contributed by atoms with Crippen LogP contribution in [0, 0.1) is 5.82 Å². The van der Waals surface area contributed by atoms with Gasteiger partial charge in [-0.3, -0.25) is 0 Å². The van der Waals surface area contributed by atoms with Gasteiger partial charge < -0.3 is 4.74 Å². The molecule has 0 aliphatic carbocycles. The molecule has 0 saturated carbocycles. The van der Waals surface area contributed by atoms with Crippen LogP contribution >= 0.6 is 11.6 Å². The zero-order chi connectivity index (χ0) is 13.1. The van der Waals surface area contributed by atoms with Crippen LogP contribution in [-0.2, 0) is 0 Å². The van der Waals surface area contributed by atoms with Crippen molar-refractivity contribution in [2.75, 3.05) is 0 Å². The molecule has 0 aliphatic heterocycles. The van der Waals surface area contributed by atoms with Crippen LogP contribution in [0.5, 0.6) is 11.5 Å². The third-order valence-corrected chi connectivity index (χ3v) is 2.52. The minimum absolute atomic E-state index is 0.202. The van der Waals surface area contributed by atoms with Crippen LogP contribution in [-0.4, -0.2) is 0 Å². The molecule has 0 unspecified atom stereocenters. The average molecular weight is 273 g/mol. The molecule has 0 fully saturated rings. The number of alkyl halides is 2. The van der Waals surface area contributed by atoms with E-state index >= 15 is 0 Å². The largest absolute Gasteiger partial charge is 0.457 e. The van der Waals surface area contributed by atoms with Gasteiger partial charge in [0.05, 0.1) is 5.56 Å². The quantitative estimate of drug-likeness (QED) is 0.745. The number of ether oxygens (including phenoxy) is 1. The molecular weight excluding hydrogens is 265 g/mol. The minimum atomic E-state index is -2.94. The van der Waals surface area contributed by atoms with E-state index in [9.17, 15) is 13.2 Å². The van der Waals surface area contributed by atoms with Gasteiger partial charge in [0.15, 0.2) is 0 Å². The molecule has 0 bridgehead atoms. The molecule has 5 heteroatoms. The molecule has 0 aromatic heterocycles. The van der Waals surface area contributed by atoms with Gasteiger partial charge >= 0.3 is 0 Å². The van der Waals surface area contributed by atoms with Gasteiger partial charge in [-0.25, -0.2) is 13.2 Å². The van der Waals surface area contributed by atoms with Crippen molar-refractivity contribution in [2.24, 2.45) is 0 Å². The molecule has 0 atom stereocenters. The maximum absolute atomic E-state index is 13.3. The van der Waals surface area contributed by atoms with E-state index in [1.165, 1.54) is 24.3 Å². The summed E-state index contributed by atoms with van der Waals surface area (Å²) in [6.07, 6.45) is -2.94. The van der Waals surface area contributed by atoms with Gasteiger partial charge in [-0.15, -0.1) is 0 Å². The summed E-state index contributed by atoms with van der Waals surface area (Å²) >= 11 is 5.69. The third-order valence-electron chi connectivity index (χ3n) is 2.27. The lowest BCUT2D eigenvalue weighted by Crippen LogP contribution is -1.96. The fourth-order valence-electron chi connectivity index (χ4n) is 1.45. The zero-order valence-corrected chi connectivity index (χ0v) is 9.79. The van der Waals surface area contributed by atoms with Crippen molar-refractivity contribution in [3.8, 4) is 11.5 Å². The van der Waals surface area contributed by atoms with Gasteiger partial charge in [0.2, 0.25) is 0 Å². The SMILES string of the molecule is Fc1cccc(Oc2ccc(Cl)cc2)c1C(F)F. The molecule has 94 valence electrons. The smallest absolute Gasteiger partial charge is 0.270 e. The lowest BCUT2D eigenvalue weighted by Gasteiger charge is -2.11. The first-order valence-corrected chi connectivity index (χ1v) is 5.45. The Morgan fingerprint density at radius 1 is 1.00 bits per heavy atom. The maximum atomic E-state index is 13.3. The molecule has 0 spiro atoms. The van der Waals surface area contributed by atoms with E-state index in [-0.39, 0.29) is 5.75 Å². The second-order valence-electron chi connectivity index (χ2n) is 3.51. The lowest BCUT2D eigenvalue weighted by molar-refractivity contribution is 0.143. The summed E-state index contributed by atoms with van der Waals surface area (Å²) < 4.78 is 43.9. The monoisotopic (exact) mass is 272 g/mol. The average Bonchev–Trinajstić information content (AvgIpc) is 2.32. The van der Waals surface area contributed by atoms with Crippen LogP contribution < -0.4 is 4.74 Å². The molecule has 2 aromatic rings. The molecule has 2 rings (SSSR count). The Kier molecular flexibility index (Phi) is 3.77. The second kappa shape index (κ2) is 5.31. The van der Waals surface area contributed by atoms with Gasteiger partial charge in [-0.1, -0.05) is 17.7 Å². The van der Waals surface area contributed by atoms with Crippen molar-refractivity contribution in [1.82, 2.24) is 0 Å². The number of halogens is 4. The molecule has 18 heavy (non-hydrogen) atoms. The standard InChI is InChI=1S/C13H8ClF3O/c14-8-4-6-9(7-5-8)18-11-3-1-2-10(15)12(11)13(16)17/h1-7,13H. The summed E-state index contributed by atoms with van der Waals surface area (Å²) in [5.74, 6) is -0.879. The molecule has 0 aliphatic rings. The Morgan fingerprint density at radius 2 is 1.67 bits per heavy atom. The zero-order valence-electron chi connectivity index (χ0n) is 9.04. The summed E-state index contributed by atoms with van der Waals surface area (Å²) in [7, 11) is 0. The molecule has 0 heterocycles. The van der Waals surface area contributed by atoms with E-state index in [0.29, 0.717) is 10.8 Å². The van der Waals surface area contributed by atoms with Gasteiger partial charge in [0, 0.05) is 5.02 Å². The summed E-state index contributed by atoms with van der Waals surface area (Å²) in [4.78, 5) is 0. The highest BCUT2D eigenvalue weighted by molar-refractivity contribution is 6.30. The molecule has 2 aromatic carbocycles.